The van der Waals surface area contributed by atoms with Crippen LogP contribution in [0.4, 0.5) is 0 Å². The Morgan fingerprint density at radius 2 is 2.11 bits per heavy atom. The van der Waals surface area contributed by atoms with Crippen LogP contribution in [-0.2, 0) is 14.3 Å². The van der Waals surface area contributed by atoms with Gasteiger partial charge in [-0.15, -0.1) is 0 Å². The van der Waals surface area contributed by atoms with E-state index in [1.807, 2.05) is 20.8 Å². The van der Waals surface area contributed by atoms with E-state index in [2.05, 4.69) is 5.32 Å². The van der Waals surface area contributed by atoms with Gasteiger partial charge in [0.25, 0.3) is 0 Å². The Morgan fingerprint density at radius 3 is 2.67 bits per heavy atom. The van der Waals surface area contributed by atoms with Gasteiger partial charge in [0.15, 0.2) is 0 Å². The van der Waals surface area contributed by atoms with Gasteiger partial charge in [-0.1, -0.05) is 6.92 Å². The van der Waals surface area contributed by atoms with E-state index in [4.69, 9.17) is 4.74 Å². The quantitative estimate of drug-likeness (QED) is 0.796. The van der Waals surface area contributed by atoms with Crippen LogP contribution in [0.1, 0.15) is 40.5 Å². The smallest absolute Gasteiger partial charge is 0.248 e. The highest BCUT2D eigenvalue weighted by atomic mass is 16.5. The van der Waals surface area contributed by atoms with E-state index in [1.54, 1.807) is 11.8 Å². The van der Waals surface area contributed by atoms with Crippen molar-refractivity contribution in [2.75, 3.05) is 19.7 Å². The van der Waals surface area contributed by atoms with Gasteiger partial charge in [0, 0.05) is 26.1 Å². The maximum absolute atomic E-state index is 12.4. The largest absolute Gasteiger partial charge is 0.377 e. The van der Waals surface area contributed by atoms with E-state index in [0.717, 1.165) is 0 Å². The van der Waals surface area contributed by atoms with Gasteiger partial charge in [-0.05, 0) is 27.2 Å². The molecule has 0 bridgehead atoms. The van der Waals surface area contributed by atoms with Crippen LogP contribution in [0.5, 0.6) is 0 Å². The van der Waals surface area contributed by atoms with Crippen molar-refractivity contribution in [1.82, 2.24) is 10.2 Å². The molecule has 5 heteroatoms. The highest BCUT2D eigenvalue weighted by Gasteiger charge is 2.39. The zero-order valence-corrected chi connectivity index (χ0v) is 11.8. The second kappa shape index (κ2) is 6.18. The standard InChI is InChI=1S/C13H24N2O3/c1-5-13(4)12(17)15(8-7-11(16)14-13)9-10(3)18-6-2/h10H,5-9H2,1-4H3,(H,14,16). The average Bonchev–Trinajstić information content (AvgIpc) is 2.42. The summed E-state index contributed by atoms with van der Waals surface area (Å²) >= 11 is 0. The lowest BCUT2D eigenvalue weighted by atomic mass is 9.97. The lowest BCUT2D eigenvalue weighted by Crippen LogP contribution is -2.55. The molecule has 104 valence electrons. The van der Waals surface area contributed by atoms with Gasteiger partial charge in [0.05, 0.1) is 6.10 Å². The van der Waals surface area contributed by atoms with E-state index in [1.165, 1.54) is 0 Å². The van der Waals surface area contributed by atoms with Gasteiger partial charge in [-0.2, -0.15) is 0 Å². The third-order valence-electron chi connectivity index (χ3n) is 3.42. The number of carbonyl (C=O) groups excluding carboxylic acids is 2. The molecule has 1 fully saturated rings. The summed E-state index contributed by atoms with van der Waals surface area (Å²) in [4.78, 5) is 25.8. The monoisotopic (exact) mass is 256 g/mol. The molecule has 1 heterocycles. The van der Waals surface area contributed by atoms with Crippen LogP contribution >= 0.6 is 0 Å². The number of rotatable bonds is 5. The van der Waals surface area contributed by atoms with Crippen molar-refractivity contribution < 1.29 is 14.3 Å². The Balaban J connectivity index is 2.78. The van der Waals surface area contributed by atoms with Crippen LogP contribution < -0.4 is 5.32 Å². The predicted molar refractivity (Wildman–Crippen MR) is 69.1 cm³/mol. The molecule has 0 aromatic rings. The van der Waals surface area contributed by atoms with E-state index in [-0.39, 0.29) is 17.9 Å². The molecule has 0 aromatic carbocycles. The number of nitrogens with one attached hydrogen (secondary N) is 1. The maximum atomic E-state index is 12.4. The second-order valence-electron chi connectivity index (χ2n) is 5.00. The van der Waals surface area contributed by atoms with Crippen LogP contribution in [0.2, 0.25) is 0 Å². The molecule has 1 saturated heterocycles. The van der Waals surface area contributed by atoms with Crippen molar-refractivity contribution in [3.8, 4) is 0 Å². The van der Waals surface area contributed by atoms with Crippen LogP contribution in [-0.4, -0.2) is 48.1 Å². The van der Waals surface area contributed by atoms with Gasteiger partial charge in [-0.25, -0.2) is 0 Å². The van der Waals surface area contributed by atoms with Crippen molar-refractivity contribution in [3.05, 3.63) is 0 Å². The first kappa shape index (κ1) is 15.0. The van der Waals surface area contributed by atoms with Crippen molar-refractivity contribution in [1.29, 1.82) is 0 Å². The van der Waals surface area contributed by atoms with Crippen molar-refractivity contribution in [2.45, 2.75) is 52.2 Å². The van der Waals surface area contributed by atoms with Gasteiger partial charge >= 0.3 is 0 Å². The summed E-state index contributed by atoms with van der Waals surface area (Å²) < 4.78 is 5.46. The lowest BCUT2D eigenvalue weighted by molar-refractivity contribution is -0.139. The highest BCUT2D eigenvalue weighted by Crippen LogP contribution is 2.18. The summed E-state index contributed by atoms with van der Waals surface area (Å²) in [6.07, 6.45) is 0.949. The Labute approximate surface area is 109 Å². The molecule has 2 unspecified atom stereocenters. The number of carbonyl (C=O) groups is 2. The number of nitrogens with zero attached hydrogens (tertiary/aromatic N) is 1. The fourth-order valence-electron chi connectivity index (χ4n) is 2.17. The Bertz CT molecular complexity index is 319. The Kier molecular flexibility index (Phi) is 5.14. The molecule has 0 spiro atoms. The summed E-state index contributed by atoms with van der Waals surface area (Å²) in [6.45, 7) is 9.22. The third-order valence-corrected chi connectivity index (χ3v) is 3.42. The van der Waals surface area contributed by atoms with Gasteiger partial charge in [0.2, 0.25) is 11.8 Å². The number of hydrogen-bond donors (Lipinski definition) is 1. The molecule has 5 nitrogen and oxygen atoms in total. The molecule has 1 N–H and O–H groups in total. The zero-order chi connectivity index (χ0) is 13.8. The van der Waals surface area contributed by atoms with Gasteiger partial charge in [0.1, 0.15) is 5.54 Å². The fraction of sp³-hybridized carbons (Fsp3) is 0.846. The first-order valence-electron chi connectivity index (χ1n) is 6.65. The number of amides is 2. The van der Waals surface area contributed by atoms with Crippen molar-refractivity contribution in [2.24, 2.45) is 0 Å². The molecule has 1 aliphatic heterocycles. The zero-order valence-electron chi connectivity index (χ0n) is 11.8. The van der Waals surface area contributed by atoms with Crippen molar-refractivity contribution in [3.63, 3.8) is 0 Å². The number of ether oxygens (including phenoxy) is 1. The predicted octanol–water partition coefficient (Wildman–Crippen LogP) is 0.929. The van der Waals surface area contributed by atoms with Gasteiger partial charge < -0.3 is 15.0 Å². The second-order valence-corrected chi connectivity index (χ2v) is 5.00. The molecule has 2 amide bonds. The molecule has 0 aromatic heterocycles. The summed E-state index contributed by atoms with van der Waals surface area (Å²) in [5, 5.41) is 2.82. The van der Waals surface area contributed by atoms with Crippen LogP contribution in [0.15, 0.2) is 0 Å². The van der Waals surface area contributed by atoms with E-state index in [0.29, 0.717) is 32.5 Å². The van der Waals surface area contributed by atoms with Crippen LogP contribution in [0.3, 0.4) is 0 Å². The molecular formula is C13H24N2O3. The normalized spacial score (nSPS) is 26.8. The Hall–Kier alpha value is -1.10. The third kappa shape index (κ3) is 3.45. The molecule has 0 radical (unpaired) electrons. The molecule has 1 rings (SSSR count). The molecule has 2 atom stereocenters. The van der Waals surface area contributed by atoms with E-state index >= 15 is 0 Å². The topological polar surface area (TPSA) is 58.6 Å². The maximum Gasteiger partial charge on any atom is 0.248 e. The molecule has 0 saturated carbocycles. The summed E-state index contributed by atoms with van der Waals surface area (Å²) in [6, 6.07) is 0. The minimum absolute atomic E-state index is 0.00624. The lowest BCUT2D eigenvalue weighted by Gasteiger charge is -2.32. The summed E-state index contributed by atoms with van der Waals surface area (Å²) in [7, 11) is 0. The van der Waals surface area contributed by atoms with Crippen molar-refractivity contribution >= 4 is 11.8 Å². The summed E-state index contributed by atoms with van der Waals surface area (Å²) in [5.41, 5.74) is -0.778. The first-order chi connectivity index (χ1) is 8.42. The van der Waals surface area contributed by atoms with Crippen LogP contribution in [0.25, 0.3) is 0 Å². The van der Waals surface area contributed by atoms with Gasteiger partial charge in [-0.3, -0.25) is 9.59 Å². The Morgan fingerprint density at radius 1 is 1.44 bits per heavy atom. The first-order valence-corrected chi connectivity index (χ1v) is 6.65. The highest BCUT2D eigenvalue weighted by molar-refractivity contribution is 5.93. The molecular weight excluding hydrogens is 232 g/mol. The minimum Gasteiger partial charge on any atom is -0.377 e. The fourth-order valence-corrected chi connectivity index (χ4v) is 2.17. The van der Waals surface area contributed by atoms with Crippen LogP contribution in [0, 0.1) is 0 Å². The molecule has 1 aliphatic rings. The SMILES string of the molecule is CCOC(C)CN1CCC(=O)NC(C)(CC)C1=O. The average molecular weight is 256 g/mol. The number of hydrogen-bond acceptors (Lipinski definition) is 3. The molecule has 18 heavy (non-hydrogen) atoms. The molecule has 0 aliphatic carbocycles. The van der Waals surface area contributed by atoms with E-state index < -0.39 is 5.54 Å². The summed E-state index contributed by atoms with van der Waals surface area (Å²) in [5.74, 6) is -0.0679. The van der Waals surface area contributed by atoms with E-state index in [9.17, 15) is 9.59 Å². The minimum atomic E-state index is -0.778.